The van der Waals surface area contributed by atoms with Gasteiger partial charge in [-0.25, -0.2) is 4.79 Å². The Hall–Kier alpha value is -1.10. The molecule has 0 unspecified atom stereocenters. The Labute approximate surface area is 108 Å². The highest BCUT2D eigenvalue weighted by Gasteiger charge is 2.39. The minimum absolute atomic E-state index is 0.144. The molecule has 1 aliphatic carbocycles. The van der Waals surface area contributed by atoms with Gasteiger partial charge in [0.05, 0.1) is 0 Å². The van der Waals surface area contributed by atoms with Crippen molar-refractivity contribution >= 4 is 11.9 Å². The van der Waals surface area contributed by atoms with Crippen molar-refractivity contribution < 1.29 is 14.7 Å². The number of hydrogen-bond acceptors (Lipinski definition) is 3. The predicted molar refractivity (Wildman–Crippen MR) is 69.4 cm³/mol. The van der Waals surface area contributed by atoms with E-state index in [9.17, 15) is 14.7 Å². The number of carboxylic acid groups (broad SMARTS) is 1. The van der Waals surface area contributed by atoms with E-state index in [2.05, 4.69) is 10.6 Å². The van der Waals surface area contributed by atoms with Crippen LogP contribution in [0, 0.1) is 0 Å². The summed E-state index contributed by atoms with van der Waals surface area (Å²) in [5, 5.41) is 15.1. The molecule has 0 radical (unpaired) electrons. The molecule has 0 heterocycles. The fourth-order valence-electron chi connectivity index (χ4n) is 2.48. The maximum absolute atomic E-state index is 11.8. The standard InChI is InChI=1S/C13H24N2O3/c1-14-10-6-7-11(16)15-13(12(17)18)8-4-2-3-5-9-13/h14H,2-10H2,1H3,(H,15,16)(H,17,18). The third-order valence-electron chi connectivity index (χ3n) is 3.58. The molecule has 1 saturated carbocycles. The van der Waals surface area contributed by atoms with Gasteiger partial charge in [0.1, 0.15) is 5.54 Å². The summed E-state index contributed by atoms with van der Waals surface area (Å²) < 4.78 is 0. The molecule has 104 valence electrons. The lowest BCUT2D eigenvalue weighted by Gasteiger charge is -2.29. The number of carbonyl (C=O) groups excluding carboxylic acids is 1. The van der Waals surface area contributed by atoms with Gasteiger partial charge < -0.3 is 15.7 Å². The monoisotopic (exact) mass is 256 g/mol. The lowest BCUT2D eigenvalue weighted by molar-refractivity contribution is -0.148. The largest absolute Gasteiger partial charge is 0.480 e. The Bertz CT molecular complexity index is 284. The molecule has 0 saturated heterocycles. The van der Waals surface area contributed by atoms with Crippen LogP contribution in [-0.2, 0) is 9.59 Å². The van der Waals surface area contributed by atoms with Crippen molar-refractivity contribution in [3.63, 3.8) is 0 Å². The highest BCUT2D eigenvalue weighted by Crippen LogP contribution is 2.27. The average molecular weight is 256 g/mol. The first kappa shape index (κ1) is 15.0. The second-order valence-corrected chi connectivity index (χ2v) is 5.06. The predicted octanol–water partition coefficient (Wildman–Crippen LogP) is 1.28. The van der Waals surface area contributed by atoms with Gasteiger partial charge in [-0.1, -0.05) is 25.7 Å². The van der Waals surface area contributed by atoms with E-state index in [1.165, 1.54) is 0 Å². The van der Waals surface area contributed by atoms with Crippen LogP contribution in [0.1, 0.15) is 51.4 Å². The summed E-state index contributed by atoms with van der Waals surface area (Å²) >= 11 is 0. The van der Waals surface area contributed by atoms with E-state index in [1.807, 2.05) is 7.05 Å². The summed E-state index contributed by atoms with van der Waals surface area (Å²) in [5.41, 5.74) is -1.02. The molecule has 0 aromatic carbocycles. The molecule has 3 N–H and O–H groups in total. The number of nitrogens with one attached hydrogen (secondary N) is 2. The van der Waals surface area contributed by atoms with Crippen molar-refractivity contribution in [3.8, 4) is 0 Å². The van der Waals surface area contributed by atoms with Crippen LogP contribution in [-0.4, -0.2) is 36.1 Å². The number of rotatable bonds is 6. The van der Waals surface area contributed by atoms with Crippen LogP contribution in [0.15, 0.2) is 0 Å². The molecule has 0 atom stereocenters. The highest BCUT2D eigenvalue weighted by molar-refractivity contribution is 5.87. The molecule has 5 heteroatoms. The van der Waals surface area contributed by atoms with Crippen molar-refractivity contribution in [1.29, 1.82) is 0 Å². The summed E-state index contributed by atoms with van der Waals surface area (Å²) in [5.74, 6) is -1.03. The molecule has 0 aliphatic heterocycles. The molecule has 0 aromatic heterocycles. The summed E-state index contributed by atoms with van der Waals surface area (Å²) in [6.45, 7) is 0.771. The van der Waals surface area contributed by atoms with Crippen molar-refractivity contribution in [3.05, 3.63) is 0 Å². The first-order valence-electron chi connectivity index (χ1n) is 6.80. The number of aliphatic carboxylic acids is 1. The Morgan fingerprint density at radius 1 is 1.17 bits per heavy atom. The number of carboxylic acids is 1. The van der Waals surface area contributed by atoms with Crippen LogP contribution in [0.4, 0.5) is 0 Å². The highest BCUT2D eigenvalue weighted by atomic mass is 16.4. The van der Waals surface area contributed by atoms with Gasteiger partial charge in [-0.3, -0.25) is 4.79 Å². The Balaban J connectivity index is 2.55. The second-order valence-electron chi connectivity index (χ2n) is 5.06. The molecule has 1 fully saturated rings. The molecule has 1 aliphatic rings. The molecule has 5 nitrogen and oxygen atoms in total. The van der Waals surface area contributed by atoms with Crippen molar-refractivity contribution in [2.75, 3.05) is 13.6 Å². The van der Waals surface area contributed by atoms with Crippen molar-refractivity contribution in [1.82, 2.24) is 10.6 Å². The SMILES string of the molecule is CNCCCC(=O)NC1(C(=O)O)CCCCCC1. The average Bonchev–Trinajstić information content (AvgIpc) is 2.56. The van der Waals surface area contributed by atoms with Crippen molar-refractivity contribution in [2.45, 2.75) is 56.9 Å². The van der Waals surface area contributed by atoms with Gasteiger partial charge in [-0.05, 0) is 32.9 Å². The molecule has 18 heavy (non-hydrogen) atoms. The molecule has 1 amide bonds. The molecule has 1 rings (SSSR count). The van der Waals surface area contributed by atoms with Crippen LogP contribution in [0.2, 0.25) is 0 Å². The quantitative estimate of drug-likeness (QED) is 0.494. The number of hydrogen-bond donors (Lipinski definition) is 3. The van der Waals surface area contributed by atoms with Crippen LogP contribution in [0.25, 0.3) is 0 Å². The van der Waals surface area contributed by atoms with E-state index in [0.29, 0.717) is 19.3 Å². The van der Waals surface area contributed by atoms with Gasteiger partial charge in [0.2, 0.25) is 5.91 Å². The Morgan fingerprint density at radius 3 is 2.28 bits per heavy atom. The fourth-order valence-corrected chi connectivity index (χ4v) is 2.48. The molecule has 0 spiro atoms. The Morgan fingerprint density at radius 2 is 1.78 bits per heavy atom. The van der Waals surface area contributed by atoms with Crippen LogP contribution >= 0.6 is 0 Å². The van der Waals surface area contributed by atoms with Crippen LogP contribution in [0.5, 0.6) is 0 Å². The zero-order chi connectivity index (χ0) is 13.4. The first-order chi connectivity index (χ1) is 8.60. The fraction of sp³-hybridized carbons (Fsp3) is 0.846. The molecule has 0 bridgehead atoms. The van der Waals surface area contributed by atoms with Crippen LogP contribution in [0.3, 0.4) is 0 Å². The number of carbonyl (C=O) groups is 2. The minimum atomic E-state index is -1.02. The van der Waals surface area contributed by atoms with Gasteiger partial charge in [-0.2, -0.15) is 0 Å². The van der Waals surface area contributed by atoms with Gasteiger partial charge in [-0.15, -0.1) is 0 Å². The first-order valence-corrected chi connectivity index (χ1v) is 6.80. The smallest absolute Gasteiger partial charge is 0.329 e. The summed E-state index contributed by atoms with van der Waals surface area (Å²) in [7, 11) is 1.84. The third-order valence-corrected chi connectivity index (χ3v) is 3.58. The van der Waals surface area contributed by atoms with E-state index < -0.39 is 11.5 Å². The topological polar surface area (TPSA) is 78.4 Å². The normalized spacial score (nSPS) is 18.9. The van der Waals surface area contributed by atoms with E-state index >= 15 is 0 Å². The zero-order valence-corrected chi connectivity index (χ0v) is 11.1. The van der Waals surface area contributed by atoms with Gasteiger partial charge in [0.25, 0.3) is 0 Å². The molecule has 0 aromatic rings. The Kier molecular flexibility index (Phi) is 6.12. The van der Waals surface area contributed by atoms with E-state index in [-0.39, 0.29) is 5.91 Å². The number of amides is 1. The van der Waals surface area contributed by atoms with E-state index in [0.717, 1.165) is 38.6 Å². The van der Waals surface area contributed by atoms with Gasteiger partial charge >= 0.3 is 5.97 Å². The second kappa shape index (κ2) is 7.36. The zero-order valence-electron chi connectivity index (χ0n) is 11.1. The van der Waals surface area contributed by atoms with E-state index in [1.54, 1.807) is 0 Å². The minimum Gasteiger partial charge on any atom is -0.480 e. The van der Waals surface area contributed by atoms with Gasteiger partial charge in [0.15, 0.2) is 0 Å². The lowest BCUT2D eigenvalue weighted by atomic mass is 9.90. The summed E-state index contributed by atoms with van der Waals surface area (Å²) in [6, 6.07) is 0. The van der Waals surface area contributed by atoms with Gasteiger partial charge in [0, 0.05) is 6.42 Å². The lowest BCUT2D eigenvalue weighted by Crippen LogP contribution is -2.54. The van der Waals surface area contributed by atoms with E-state index in [4.69, 9.17) is 0 Å². The third kappa shape index (κ3) is 4.29. The molecular formula is C13H24N2O3. The van der Waals surface area contributed by atoms with Crippen LogP contribution < -0.4 is 10.6 Å². The summed E-state index contributed by atoms with van der Waals surface area (Å²) in [6.07, 6.45) is 6.11. The molecular weight excluding hydrogens is 232 g/mol. The van der Waals surface area contributed by atoms with Crippen molar-refractivity contribution in [2.24, 2.45) is 0 Å². The maximum atomic E-state index is 11.8. The maximum Gasteiger partial charge on any atom is 0.329 e. The summed E-state index contributed by atoms with van der Waals surface area (Å²) in [4.78, 5) is 23.3.